The lowest BCUT2D eigenvalue weighted by Gasteiger charge is -2.32. The largest absolute Gasteiger partial charge is 0.494 e. The fourth-order valence-corrected chi connectivity index (χ4v) is 4.17. The first-order valence-electron chi connectivity index (χ1n) is 11.8. The highest BCUT2D eigenvalue weighted by Gasteiger charge is 2.51. The Morgan fingerprint density at radius 3 is 2.33 bits per heavy atom. The molecule has 0 aliphatic carbocycles. The van der Waals surface area contributed by atoms with Crippen molar-refractivity contribution in [2.45, 2.75) is 50.4 Å². The fraction of sp³-hybridized carbons (Fsp3) is 0.250. The summed E-state index contributed by atoms with van der Waals surface area (Å²) in [7, 11) is -0.402. The normalized spacial score (nSPS) is 16.3. The van der Waals surface area contributed by atoms with E-state index in [1.165, 1.54) is 18.0 Å². The van der Waals surface area contributed by atoms with E-state index in [4.69, 9.17) is 14.1 Å². The number of para-hydroxylation sites is 1. The summed E-state index contributed by atoms with van der Waals surface area (Å²) >= 11 is 1.52. The Kier molecular flexibility index (Phi) is 8.21. The Morgan fingerprint density at radius 1 is 0.944 bits per heavy atom. The van der Waals surface area contributed by atoms with Crippen molar-refractivity contribution in [1.29, 1.82) is 0 Å². The Bertz CT molecular complexity index is 1180. The molecule has 0 bridgehead atoms. The van der Waals surface area contributed by atoms with Crippen molar-refractivity contribution in [3.05, 3.63) is 96.1 Å². The molecule has 0 radical (unpaired) electrons. The summed E-state index contributed by atoms with van der Waals surface area (Å²) in [6.07, 6.45) is 3.21. The molecular formula is C28H31BN2O4S. The van der Waals surface area contributed by atoms with E-state index in [-0.39, 0.29) is 23.7 Å². The summed E-state index contributed by atoms with van der Waals surface area (Å²) in [4.78, 5) is 18.6. The maximum atomic E-state index is 12.2. The van der Waals surface area contributed by atoms with E-state index in [2.05, 4.69) is 10.2 Å². The molecule has 36 heavy (non-hydrogen) atoms. The topological polar surface area (TPSA) is 68.8 Å². The van der Waals surface area contributed by atoms with Crippen molar-refractivity contribution in [2.75, 3.05) is 4.72 Å². The van der Waals surface area contributed by atoms with Gasteiger partial charge in [-0.1, -0.05) is 54.6 Å². The first-order valence-corrected chi connectivity index (χ1v) is 12.7. The Morgan fingerprint density at radius 2 is 1.64 bits per heavy atom. The number of nitrogens with one attached hydrogen (secondary N) is 2. The third-order valence-electron chi connectivity index (χ3n) is 6.26. The number of anilines is 1. The number of benzene rings is 3. The molecule has 1 saturated heterocycles. The van der Waals surface area contributed by atoms with Crippen LogP contribution in [0.5, 0.6) is 0 Å². The predicted octanol–water partition coefficient (Wildman–Crippen LogP) is 5.37. The molecule has 3 aromatic carbocycles. The average Bonchev–Trinajstić information content (AvgIpc) is 3.09. The van der Waals surface area contributed by atoms with Gasteiger partial charge in [-0.2, -0.15) is 0 Å². The van der Waals surface area contributed by atoms with Gasteiger partial charge in [-0.3, -0.25) is 9.63 Å². The van der Waals surface area contributed by atoms with Crippen LogP contribution in [0.4, 0.5) is 5.69 Å². The number of hydroxylamine groups is 1. The number of carbonyl (C=O) groups is 1. The maximum absolute atomic E-state index is 12.2. The van der Waals surface area contributed by atoms with Crippen molar-refractivity contribution >= 4 is 42.2 Å². The number of rotatable bonds is 9. The van der Waals surface area contributed by atoms with E-state index in [0.29, 0.717) is 0 Å². The van der Waals surface area contributed by atoms with Crippen LogP contribution in [-0.4, -0.2) is 24.2 Å². The molecule has 0 saturated carbocycles. The zero-order chi connectivity index (χ0) is 25.6. The first kappa shape index (κ1) is 26.0. The molecule has 0 unspecified atom stereocenters. The molecule has 1 aliphatic heterocycles. The summed E-state index contributed by atoms with van der Waals surface area (Å²) in [6.45, 7) is 8.38. The van der Waals surface area contributed by atoms with Crippen LogP contribution in [0, 0.1) is 0 Å². The van der Waals surface area contributed by atoms with Crippen LogP contribution in [0.15, 0.2) is 89.8 Å². The molecular weight excluding hydrogens is 471 g/mol. The first-order chi connectivity index (χ1) is 17.2. The zero-order valence-corrected chi connectivity index (χ0v) is 21.8. The van der Waals surface area contributed by atoms with Gasteiger partial charge in [-0.25, -0.2) is 5.48 Å². The molecule has 4 rings (SSSR count). The Labute approximate surface area is 217 Å². The van der Waals surface area contributed by atoms with Gasteiger partial charge < -0.3 is 14.0 Å². The SMILES string of the molecule is CC1(C)OB(c2ccc(CONC(=O)/C=C/c3cccc(SNc4ccccc4)c3)cc2)OC1(C)C. The van der Waals surface area contributed by atoms with Crippen LogP contribution >= 0.6 is 11.9 Å². The molecule has 1 heterocycles. The van der Waals surface area contributed by atoms with Gasteiger partial charge >= 0.3 is 7.12 Å². The summed E-state index contributed by atoms with van der Waals surface area (Å²) in [5.41, 5.74) is 5.53. The van der Waals surface area contributed by atoms with Crippen LogP contribution in [0.3, 0.4) is 0 Å². The standard InChI is InChI=1S/C28H31BN2O4S/c1-27(2)28(3,4)35-29(34-27)23-16-13-22(14-17-23)20-33-30-26(32)18-15-21-9-8-12-25(19-21)36-31-24-10-6-5-7-11-24/h5-19,31H,20H2,1-4H3,(H,30,32)/b18-15+. The quantitative estimate of drug-likeness (QED) is 0.178. The highest BCUT2D eigenvalue weighted by atomic mass is 32.2. The summed E-state index contributed by atoms with van der Waals surface area (Å²) < 4.78 is 15.5. The molecule has 0 spiro atoms. The highest BCUT2D eigenvalue weighted by Crippen LogP contribution is 2.36. The number of amides is 1. The predicted molar refractivity (Wildman–Crippen MR) is 146 cm³/mol. The second kappa shape index (κ2) is 11.3. The molecule has 0 atom stereocenters. The minimum absolute atomic E-state index is 0.251. The van der Waals surface area contributed by atoms with E-state index in [0.717, 1.165) is 27.2 Å². The van der Waals surface area contributed by atoms with Crippen molar-refractivity contribution < 1.29 is 18.9 Å². The molecule has 1 aliphatic rings. The van der Waals surface area contributed by atoms with Crippen LogP contribution in [0.2, 0.25) is 0 Å². The van der Waals surface area contributed by atoms with Gasteiger partial charge in [-0.15, -0.1) is 0 Å². The van der Waals surface area contributed by atoms with Gasteiger partial charge in [0.25, 0.3) is 5.91 Å². The Hall–Kier alpha value is -3.04. The minimum atomic E-state index is -0.402. The Balaban J connectivity index is 1.22. The molecule has 0 aromatic heterocycles. The zero-order valence-electron chi connectivity index (χ0n) is 21.0. The van der Waals surface area contributed by atoms with Crippen LogP contribution in [-0.2, 0) is 25.5 Å². The molecule has 2 N–H and O–H groups in total. The second-order valence-corrected chi connectivity index (χ2v) is 10.4. The highest BCUT2D eigenvalue weighted by molar-refractivity contribution is 8.00. The van der Waals surface area contributed by atoms with Crippen molar-refractivity contribution in [3.8, 4) is 0 Å². The van der Waals surface area contributed by atoms with Crippen LogP contribution < -0.4 is 15.7 Å². The van der Waals surface area contributed by atoms with Crippen LogP contribution in [0.25, 0.3) is 6.08 Å². The fourth-order valence-electron chi connectivity index (χ4n) is 3.45. The monoisotopic (exact) mass is 502 g/mol. The van der Waals surface area contributed by atoms with Crippen molar-refractivity contribution in [3.63, 3.8) is 0 Å². The summed E-state index contributed by atoms with van der Waals surface area (Å²) in [5.74, 6) is -0.329. The van der Waals surface area contributed by atoms with Gasteiger partial charge in [0.1, 0.15) is 0 Å². The third kappa shape index (κ3) is 6.80. The molecule has 186 valence electrons. The van der Waals surface area contributed by atoms with E-state index >= 15 is 0 Å². The van der Waals surface area contributed by atoms with Gasteiger partial charge in [0.15, 0.2) is 0 Å². The molecule has 1 fully saturated rings. The summed E-state index contributed by atoms with van der Waals surface area (Å²) in [5, 5.41) is 0. The lowest BCUT2D eigenvalue weighted by molar-refractivity contribution is -0.129. The molecule has 3 aromatic rings. The van der Waals surface area contributed by atoms with E-state index in [9.17, 15) is 4.79 Å². The van der Waals surface area contributed by atoms with E-state index in [1.807, 2.05) is 107 Å². The average molecular weight is 502 g/mol. The minimum Gasteiger partial charge on any atom is -0.399 e. The third-order valence-corrected chi connectivity index (χ3v) is 7.09. The molecule has 6 nitrogen and oxygen atoms in total. The molecule has 1 amide bonds. The van der Waals surface area contributed by atoms with Gasteiger partial charge in [0.05, 0.1) is 17.8 Å². The van der Waals surface area contributed by atoms with E-state index < -0.39 is 7.12 Å². The van der Waals surface area contributed by atoms with Gasteiger partial charge in [0, 0.05) is 16.7 Å². The lowest BCUT2D eigenvalue weighted by atomic mass is 9.79. The maximum Gasteiger partial charge on any atom is 0.494 e. The van der Waals surface area contributed by atoms with Gasteiger partial charge in [0.2, 0.25) is 0 Å². The number of carbonyl (C=O) groups excluding carboxylic acids is 1. The second-order valence-electron chi connectivity index (χ2n) is 9.56. The summed E-state index contributed by atoms with van der Waals surface area (Å²) in [6, 6.07) is 25.7. The van der Waals surface area contributed by atoms with Crippen LogP contribution in [0.1, 0.15) is 38.8 Å². The number of hydrogen-bond donors (Lipinski definition) is 2. The van der Waals surface area contributed by atoms with Crippen molar-refractivity contribution in [2.24, 2.45) is 0 Å². The smallest absolute Gasteiger partial charge is 0.399 e. The number of hydrogen-bond acceptors (Lipinski definition) is 6. The van der Waals surface area contributed by atoms with E-state index in [1.54, 1.807) is 6.08 Å². The lowest BCUT2D eigenvalue weighted by Crippen LogP contribution is -2.41. The van der Waals surface area contributed by atoms with Crippen molar-refractivity contribution in [1.82, 2.24) is 5.48 Å². The molecule has 8 heteroatoms. The van der Waals surface area contributed by atoms with Gasteiger partial charge in [-0.05, 0) is 86.6 Å².